The second-order valence-electron chi connectivity index (χ2n) is 11.7. The summed E-state index contributed by atoms with van der Waals surface area (Å²) in [6, 6.07) is 2.20. The molecule has 4 saturated carbocycles. The maximum absolute atomic E-state index is 11.5. The molecule has 0 unspecified atom stereocenters. The van der Waals surface area contributed by atoms with Crippen molar-refractivity contribution in [3.8, 4) is 11.5 Å². The van der Waals surface area contributed by atoms with E-state index in [1.54, 1.807) is 0 Å². The molecule has 2 N–H and O–H groups in total. The summed E-state index contributed by atoms with van der Waals surface area (Å²) < 4.78 is 0. The normalized spacial score (nSPS) is 32.9. The molecule has 0 heterocycles. The maximum Gasteiger partial charge on any atom is 0.126 e. The zero-order valence-electron chi connectivity index (χ0n) is 18.2. The Kier molecular flexibility index (Phi) is 4.19. The first-order chi connectivity index (χ1) is 12.5. The average Bonchev–Trinajstić information content (AvgIpc) is 2.51. The minimum atomic E-state index is -0.287. The number of rotatable bonds is 3. The molecular formula is C25H38O2. The third-order valence-electron chi connectivity index (χ3n) is 8.25. The topological polar surface area (TPSA) is 40.5 Å². The fraction of sp³-hybridized carbons (Fsp3) is 0.760. The maximum atomic E-state index is 11.5. The van der Waals surface area contributed by atoms with Gasteiger partial charge < -0.3 is 10.2 Å². The molecule has 0 amide bonds. The van der Waals surface area contributed by atoms with Crippen LogP contribution in [0.4, 0.5) is 0 Å². The molecule has 150 valence electrons. The van der Waals surface area contributed by atoms with Crippen molar-refractivity contribution in [3.05, 3.63) is 22.8 Å². The highest BCUT2D eigenvalue weighted by Crippen LogP contribution is 2.63. The minimum absolute atomic E-state index is 0.102. The molecule has 5 rings (SSSR count). The lowest BCUT2D eigenvalue weighted by Crippen LogP contribution is -2.48. The number of aromatic hydroxyl groups is 2. The van der Waals surface area contributed by atoms with Crippen LogP contribution in [-0.4, -0.2) is 10.2 Å². The molecule has 0 spiro atoms. The van der Waals surface area contributed by atoms with Crippen LogP contribution in [0.2, 0.25) is 0 Å². The third kappa shape index (κ3) is 2.89. The van der Waals surface area contributed by atoms with Gasteiger partial charge in [-0.2, -0.15) is 0 Å². The van der Waals surface area contributed by atoms with Gasteiger partial charge in [-0.1, -0.05) is 41.5 Å². The largest absolute Gasteiger partial charge is 0.507 e. The van der Waals surface area contributed by atoms with Gasteiger partial charge in [-0.05, 0) is 85.0 Å². The lowest BCUT2D eigenvalue weighted by molar-refractivity contribution is -0.00631. The molecule has 4 bridgehead atoms. The molecule has 0 aromatic heterocycles. The first-order valence-electron chi connectivity index (χ1n) is 11.1. The van der Waals surface area contributed by atoms with Crippen molar-refractivity contribution < 1.29 is 10.2 Å². The fourth-order valence-corrected chi connectivity index (χ4v) is 6.92. The molecule has 0 atom stereocenters. The van der Waals surface area contributed by atoms with Gasteiger partial charge >= 0.3 is 0 Å². The molecule has 1 aromatic rings. The highest BCUT2D eigenvalue weighted by molar-refractivity contribution is 5.60. The summed E-state index contributed by atoms with van der Waals surface area (Å²) in [4.78, 5) is 0. The van der Waals surface area contributed by atoms with E-state index in [4.69, 9.17) is 0 Å². The molecule has 2 heteroatoms. The van der Waals surface area contributed by atoms with Crippen LogP contribution in [-0.2, 0) is 16.2 Å². The lowest BCUT2D eigenvalue weighted by atomic mass is 9.47. The van der Waals surface area contributed by atoms with Crippen LogP contribution in [0.15, 0.2) is 6.07 Å². The summed E-state index contributed by atoms with van der Waals surface area (Å²) in [5, 5.41) is 22.7. The lowest BCUT2D eigenvalue weighted by Gasteiger charge is -2.57. The first-order valence-corrected chi connectivity index (χ1v) is 11.1. The highest BCUT2D eigenvalue weighted by atomic mass is 16.3. The molecule has 4 aliphatic rings. The highest BCUT2D eigenvalue weighted by Gasteiger charge is 2.53. The van der Waals surface area contributed by atoms with Gasteiger partial charge in [0.1, 0.15) is 11.5 Å². The molecule has 4 fully saturated rings. The van der Waals surface area contributed by atoms with Gasteiger partial charge in [-0.3, -0.25) is 0 Å². The van der Waals surface area contributed by atoms with Crippen LogP contribution < -0.4 is 0 Å². The van der Waals surface area contributed by atoms with Crippen molar-refractivity contribution >= 4 is 0 Å². The van der Waals surface area contributed by atoms with Crippen LogP contribution in [0.25, 0.3) is 0 Å². The van der Waals surface area contributed by atoms with E-state index in [9.17, 15) is 10.2 Å². The molecule has 0 aliphatic heterocycles. The van der Waals surface area contributed by atoms with Crippen molar-refractivity contribution in [2.75, 3.05) is 0 Å². The van der Waals surface area contributed by atoms with Gasteiger partial charge in [0.15, 0.2) is 0 Å². The van der Waals surface area contributed by atoms with Crippen molar-refractivity contribution in [1.82, 2.24) is 0 Å². The number of phenols is 2. The van der Waals surface area contributed by atoms with Crippen molar-refractivity contribution in [3.63, 3.8) is 0 Å². The molecule has 2 nitrogen and oxygen atoms in total. The van der Waals surface area contributed by atoms with E-state index in [0.29, 0.717) is 11.5 Å². The van der Waals surface area contributed by atoms with Gasteiger partial charge in [0, 0.05) is 16.7 Å². The van der Waals surface area contributed by atoms with E-state index in [2.05, 4.69) is 47.6 Å². The van der Waals surface area contributed by atoms with E-state index in [0.717, 1.165) is 40.9 Å². The van der Waals surface area contributed by atoms with Crippen LogP contribution in [0.1, 0.15) is 103 Å². The van der Waals surface area contributed by atoms with E-state index in [1.165, 1.54) is 38.5 Å². The summed E-state index contributed by atoms with van der Waals surface area (Å²) in [6.45, 7) is 12.9. The van der Waals surface area contributed by atoms with Crippen LogP contribution in [0.5, 0.6) is 11.5 Å². The Morgan fingerprint density at radius 3 is 1.78 bits per heavy atom. The Balaban J connectivity index is 1.95. The number of hydrogen-bond acceptors (Lipinski definition) is 2. The molecule has 0 radical (unpaired) electrons. The minimum Gasteiger partial charge on any atom is -0.507 e. The van der Waals surface area contributed by atoms with Crippen LogP contribution in [0.3, 0.4) is 0 Å². The Morgan fingerprint density at radius 1 is 0.889 bits per heavy atom. The molecule has 4 aliphatic carbocycles. The monoisotopic (exact) mass is 370 g/mol. The van der Waals surface area contributed by atoms with E-state index in [-0.39, 0.29) is 16.2 Å². The second kappa shape index (κ2) is 5.91. The number of phenolic OH excluding ortho intramolecular Hbond substituents is 2. The first kappa shape index (κ1) is 19.2. The summed E-state index contributed by atoms with van der Waals surface area (Å²) in [5.74, 6) is 3.22. The third-order valence-corrected chi connectivity index (χ3v) is 8.25. The standard InChI is InChI=1S/C25H38O2/c1-7-24(5,6)18-11-19(22(27)20(21(18)26)23(2,3)4)25-12-15-8-16(13-25)10-17(9-15)14-25/h11,15-17,26-27H,7-10,12-14H2,1-6H3. The zero-order chi connectivity index (χ0) is 19.8. The van der Waals surface area contributed by atoms with Gasteiger partial charge in [-0.25, -0.2) is 0 Å². The average molecular weight is 371 g/mol. The predicted molar refractivity (Wildman–Crippen MR) is 112 cm³/mol. The van der Waals surface area contributed by atoms with Gasteiger partial charge in [0.05, 0.1) is 0 Å². The SMILES string of the molecule is CCC(C)(C)c1cc(C23CC4CC(CC(C4)C2)C3)c(O)c(C(C)(C)C)c1O. The summed E-state index contributed by atoms with van der Waals surface area (Å²) >= 11 is 0. The van der Waals surface area contributed by atoms with Gasteiger partial charge in [0.2, 0.25) is 0 Å². The molecule has 0 saturated heterocycles. The smallest absolute Gasteiger partial charge is 0.126 e. The van der Waals surface area contributed by atoms with Crippen molar-refractivity contribution in [1.29, 1.82) is 0 Å². The number of benzene rings is 1. The quantitative estimate of drug-likeness (QED) is 0.633. The van der Waals surface area contributed by atoms with Crippen molar-refractivity contribution in [2.45, 2.75) is 103 Å². The molecule has 1 aromatic carbocycles. The van der Waals surface area contributed by atoms with Gasteiger partial charge in [-0.15, -0.1) is 0 Å². The summed E-state index contributed by atoms with van der Waals surface area (Å²) in [7, 11) is 0. The Labute approximate surface area is 165 Å². The Bertz CT molecular complexity index is 715. The van der Waals surface area contributed by atoms with Crippen LogP contribution in [0, 0.1) is 17.8 Å². The van der Waals surface area contributed by atoms with E-state index in [1.807, 2.05) is 0 Å². The summed E-state index contributed by atoms with van der Waals surface area (Å²) in [6.07, 6.45) is 8.86. The van der Waals surface area contributed by atoms with E-state index >= 15 is 0 Å². The zero-order valence-corrected chi connectivity index (χ0v) is 18.2. The summed E-state index contributed by atoms with van der Waals surface area (Å²) in [5.41, 5.74) is 2.68. The van der Waals surface area contributed by atoms with Gasteiger partial charge in [0.25, 0.3) is 0 Å². The fourth-order valence-electron chi connectivity index (χ4n) is 6.92. The predicted octanol–water partition coefficient (Wildman–Crippen LogP) is 6.55. The molecule has 27 heavy (non-hydrogen) atoms. The van der Waals surface area contributed by atoms with Crippen LogP contribution >= 0.6 is 0 Å². The Hall–Kier alpha value is -1.18. The Morgan fingerprint density at radius 2 is 1.37 bits per heavy atom. The van der Waals surface area contributed by atoms with Crippen molar-refractivity contribution in [2.24, 2.45) is 17.8 Å². The number of hydrogen-bond donors (Lipinski definition) is 2. The molecular weight excluding hydrogens is 332 g/mol. The second-order valence-corrected chi connectivity index (χ2v) is 11.7. The van der Waals surface area contributed by atoms with E-state index < -0.39 is 0 Å².